The molecule has 1 aromatic heterocycles. The highest BCUT2D eigenvalue weighted by Gasteiger charge is 2.20. The zero-order chi connectivity index (χ0) is 14.1. The lowest BCUT2D eigenvalue weighted by Gasteiger charge is -2.16. The van der Waals surface area contributed by atoms with Gasteiger partial charge in [0.1, 0.15) is 0 Å². The third-order valence-corrected chi connectivity index (χ3v) is 5.85. The summed E-state index contributed by atoms with van der Waals surface area (Å²) in [5, 5.41) is 3.01. The second-order valence-electron chi connectivity index (χ2n) is 5.34. The topological polar surface area (TPSA) is 29.1 Å². The van der Waals surface area contributed by atoms with Crippen LogP contribution in [0.15, 0.2) is 30.3 Å². The lowest BCUT2D eigenvalue weighted by molar-refractivity contribution is 0.103. The second kappa shape index (κ2) is 5.85. The zero-order valence-corrected chi connectivity index (χ0v) is 14.3. The smallest absolute Gasteiger partial charge is 0.265 e. The fourth-order valence-electron chi connectivity index (χ4n) is 2.56. The van der Waals surface area contributed by atoms with Crippen molar-refractivity contribution in [3.8, 4) is 0 Å². The quantitative estimate of drug-likeness (QED) is 0.730. The molecule has 1 atom stereocenters. The van der Waals surface area contributed by atoms with Crippen molar-refractivity contribution < 1.29 is 4.79 Å². The van der Waals surface area contributed by atoms with E-state index in [-0.39, 0.29) is 5.91 Å². The average Bonchev–Trinajstić information content (AvgIpc) is 2.84. The van der Waals surface area contributed by atoms with E-state index in [4.69, 9.17) is 0 Å². The van der Waals surface area contributed by atoms with Gasteiger partial charge in [-0.3, -0.25) is 4.79 Å². The van der Waals surface area contributed by atoms with E-state index in [1.54, 1.807) is 11.3 Å². The molecule has 104 valence electrons. The second-order valence-corrected chi connectivity index (χ2v) is 7.64. The Morgan fingerprint density at radius 1 is 1.40 bits per heavy atom. The highest BCUT2D eigenvalue weighted by Crippen LogP contribution is 2.32. The summed E-state index contributed by atoms with van der Waals surface area (Å²) in [7, 11) is 0. The van der Waals surface area contributed by atoms with E-state index >= 15 is 0 Å². The van der Waals surface area contributed by atoms with Crippen LogP contribution >= 0.6 is 33.9 Å². The number of anilines is 1. The molecule has 1 aromatic carbocycles. The lowest BCUT2D eigenvalue weighted by Crippen LogP contribution is -2.11. The number of thiophene rings is 1. The van der Waals surface area contributed by atoms with Gasteiger partial charge in [-0.2, -0.15) is 0 Å². The Morgan fingerprint density at radius 2 is 2.20 bits per heavy atom. The summed E-state index contributed by atoms with van der Waals surface area (Å²) in [6.45, 7) is 2.28. The summed E-state index contributed by atoms with van der Waals surface area (Å²) in [6, 6.07) is 9.94. The molecular formula is C16H16INOS. The SMILES string of the molecule is CC1CCc2sc(C(=O)Nc3ccccc3I)cc2C1. The molecule has 0 bridgehead atoms. The largest absolute Gasteiger partial charge is 0.320 e. The maximum atomic E-state index is 12.4. The van der Waals surface area contributed by atoms with E-state index in [9.17, 15) is 4.79 Å². The van der Waals surface area contributed by atoms with Crippen molar-refractivity contribution in [2.24, 2.45) is 5.92 Å². The predicted octanol–water partition coefficient (Wildman–Crippen LogP) is 4.73. The number of rotatable bonds is 2. The fraction of sp³-hybridized carbons (Fsp3) is 0.312. The highest BCUT2D eigenvalue weighted by atomic mass is 127. The van der Waals surface area contributed by atoms with E-state index in [0.717, 1.165) is 32.9 Å². The van der Waals surface area contributed by atoms with Crippen molar-refractivity contribution in [3.05, 3.63) is 49.2 Å². The van der Waals surface area contributed by atoms with Crippen LogP contribution in [0.2, 0.25) is 0 Å². The molecule has 0 radical (unpaired) electrons. The number of hydrogen-bond donors (Lipinski definition) is 1. The van der Waals surface area contributed by atoms with Gasteiger partial charge in [-0.1, -0.05) is 19.1 Å². The molecule has 0 spiro atoms. The summed E-state index contributed by atoms with van der Waals surface area (Å²) in [5.74, 6) is 0.754. The van der Waals surface area contributed by atoms with Crippen LogP contribution in [-0.2, 0) is 12.8 Å². The van der Waals surface area contributed by atoms with Gasteiger partial charge in [-0.25, -0.2) is 0 Å². The van der Waals surface area contributed by atoms with Crippen LogP contribution in [0.25, 0.3) is 0 Å². The van der Waals surface area contributed by atoms with Gasteiger partial charge in [0.05, 0.1) is 10.6 Å². The molecule has 0 aliphatic heterocycles. The summed E-state index contributed by atoms with van der Waals surface area (Å²) in [5.41, 5.74) is 2.26. The van der Waals surface area contributed by atoms with Gasteiger partial charge in [0.15, 0.2) is 0 Å². The first-order valence-electron chi connectivity index (χ1n) is 6.81. The van der Waals surface area contributed by atoms with Gasteiger partial charge in [-0.15, -0.1) is 11.3 Å². The van der Waals surface area contributed by atoms with Crippen LogP contribution in [0.5, 0.6) is 0 Å². The monoisotopic (exact) mass is 397 g/mol. The van der Waals surface area contributed by atoms with Gasteiger partial charge in [0.25, 0.3) is 5.91 Å². The maximum absolute atomic E-state index is 12.4. The van der Waals surface area contributed by atoms with E-state index in [2.05, 4.69) is 40.9 Å². The number of amides is 1. The number of nitrogens with one attached hydrogen (secondary N) is 1. The minimum atomic E-state index is 0.0150. The predicted molar refractivity (Wildman–Crippen MR) is 92.6 cm³/mol. The van der Waals surface area contributed by atoms with Crippen LogP contribution in [0.4, 0.5) is 5.69 Å². The zero-order valence-electron chi connectivity index (χ0n) is 11.3. The third-order valence-electron chi connectivity index (χ3n) is 3.68. The number of aryl methyl sites for hydroxylation is 1. The molecule has 0 saturated heterocycles. The molecule has 1 aliphatic carbocycles. The average molecular weight is 397 g/mol. The molecule has 1 aliphatic rings. The first kappa shape index (κ1) is 14.1. The molecule has 0 fully saturated rings. The van der Waals surface area contributed by atoms with Crippen LogP contribution in [0.1, 0.15) is 33.5 Å². The summed E-state index contributed by atoms with van der Waals surface area (Å²) < 4.78 is 1.06. The van der Waals surface area contributed by atoms with E-state index in [1.165, 1.54) is 16.9 Å². The van der Waals surface area contributed by atoms with E-state index < -0.39 is 0 Å². The molecule has 1 amide bonds. The Labute approximate surface area is 136 Å². The van der Waals surface area contributed by atoms with Crippen LogP contribution < -0.4 is 5.32 Å². The number of benzene rings is 1. The molecule has 3 rings (SSSR count). The number of para-hydroxylation sites is 1. The minimum Gasteiger partial charge on any atom is -0.320 e. The molecular weight excluding hydrogens is 381 g/mol. The van der Waals surface area contributed by atoms with Crippen LogP contribution in [0, 0.1) is 9.49 Å². The summed E-state index contributed by atoms with van der Waals surface area (Å²) >= 11 is 3.90. The Morgan fingerprint density at radius 3 is 3.00 bits per heavy atom. The number of fused-ring (bicyclic) bond motifs is 1. The van der Waals surface area contributed by atoms with Gasteiger partial charge in [0.2, 0.25) is 0 Å². The fourth-order valence-corrected chi connectivity index (χ4v) is 4.19. The molecule has 0 saturated carbocycles. The standard InChI is InChI=1S/C16H16INOS/c1-10-6-7-14-11(8-10)9-15(20-14)16(19)18-13-5-3-2-4-12(13)17/h2-5,9-10H,6-8H2,1H3,(H,18,19). The Kier molecular flexibility index (Phi) is 4.12. The van der Waals surface area contributed by atoms with Crippen LogP contribution in [0.3, 0.4) is 0 Å². The number of hydrogen-bond acceptors (Lipinski definition) is 2. The third kappa shape index (κ3) is 2.91. The molecule has 2 aromatic rings. The molecule has 1 heterocycles. The first-order valence-corrected chi connectivity index (χ1v) is 8.70. The highest BCUT2D eigenvalue weighted by molar-refractivity contribution is 14.1. The molecule has 20 heavy (non-hydrogen) atoms. The van der Waals surface area contributed by atoms with E-state index in [0.29, 0.717) is 0 Å². The lowest BCUT2D eigenvalue weighted by atomic mass is 9.90. The van der Waals surface area contributed by atoms with Crippen LogP contribution in [-0.4, -0.2) is 5.91 Å². The maximum Gasteiger partial charge on any atom is 0.265 e. The number of halogens is 1. The van der Waals surface area contributed by atoms with Crippen molar-refractivity contribution in [2.75, 3.05) is 5.32 Å². The number of carbonyl (C=O) groups is 1. The molecule has 4 heteroatoms. The Balaban J connectivity index is 1.80. The van der Waals surface area contributed by atoms with Gasteiger partial charge in [-0.05, 0) is 71.5 Å². The normalized spacial score (nSPS) is 17.6. The minimum absolute atomic E-state index is 0.0150. The molecule has 2 nitrogen and oxygen atoms in total. The van der Waals surface area contributed by atoms with Gasteiger partial charge in [0, 0.05) is 8.45 Å². The Bertz CT molecular complexity index is 650. The van der Waals surface area contributed by atoms with Crippen molar-refractivity contribution in [3.63, 3.8) is 0 Å². The van der Waals surface area contributed by atoms with Crippen molar-refractivity contribution in [2.45, 2.75) is 26.2 Å². The van der Waals surface area contributed by atoms with Crippen molar-refractivity contribution in [1.82, 2.24) is 0 Å². The van der Waals surface area contributed by atoms with E-state index in [1.807, 2.05) is 24.3 Å². The molecule has 1 N–H and O–H groups in total. The Hall–Kier alpha value is -0.880. The van der Waals surface area contributed by atoms with Gasteiger partial charge >= 0.3 is 0 Å². The summed E-state index contributed by atoms with van der Waals surface area (Å²) in [6.07, 6.45) is 3.48. The molecule has 1 unspecified atom stereocenters. The van der Waals surface area contributed by atoms with Crippen molar-refractivity contribution in [1.29, 1.82) is 0 Å². The first-order chi connectivity index (χ1) is 9.63. The van der Waals surface area contributed by atoms with Crippen molar-refractivity contribution >= 4 is 45.5 Å². The van der Waals surface area contributed by atoms with Gasteiger partial charge < -0.3 is 5.32 Å². The number of carbonyl (C=O) groups excluding carboxylic acids is 1. The summed E-state index contributed by atoms with van der Waals surface area (Å²) in [4.78, 5) is 14.6.